The number of sulfone groups is 1. The standard InChI is InChI=1S/C9H20N2O2S/c1-10-5-8-11-6-3-9(4-7-11)14(2,12)13/h9-10H,3-8H2,1-2H3. The highest BCUT2D eigenvalue weighted by atomic mass is 32.2. The molecule has 1 N–H and O–H groups in total. The number of nitrogens with zero attached hydrogens (tertiary/aromatic N) is 1. The number of nitrogens with one attached hydrogen (secondary N) is 1. The van der Waals surface area contributed by atoms with E-state index in [-0.39, 0.29) is 5.25 Å². The Labute approximate surface area is 86.6 Å². The number of likely N-dealkylation sites (tertiary alicyclic amines) is 1. The lowest BCUT2D eigenvalue weighted by atomic mass is 10.1. The van der Waals surface area contributed by atoms with Gasteiger partial charge in [0.15, 0.2) is 0 Å². The van der Waals surface area contributed by atoms with Crippen LogP contribution in [0.1, 0.15) is 12.8 Å². The minimum Gasteiger partial charge on any atom is -0.318 e. The number of hydrogen-bond donors (Lipinski definition) is 1. The highest BCUT2D eigenvalue weighted by Crippen LogP contribution is 2.16. The van der Waals surface area contributed by atoms with Crippen LogP contribution in [-0.4, -0.2) is 58.1 Å². The molecule has 0 spiro atoms. The van der Waals surface area contributed by atoms with Gasteiger partial charge in [-0.05, 0) is 33.0 Å². The second-order valence-corrected chi connectivity index (χ2v) is 6.30. The van der Waals surface area contributed by atoms with Gasteiger partial charge in [-0.3, -0.25) is 0 Å². The third kappa shape index (κ3) is 3.55. The minimum absolute atomic E-state index is 0.103. The van der Waals surface area contributed by atoms with Crippen LogP contribution in [0.3, 0.4) is 0 Å². The van der Waals surface area contributed by atoms with Gasteiger partial charge in [0.05, 0.1) is 5.25 Å². The van der Waals surface area contributed by atoms with E-state index in [0.29, 0.717) is 0 Å². The predicted octanol–water partition coefficient (Wildman–Crippen LogP) is -0.285. The van der Waals surface area contributed by atoms with E-state index in [1.54, 1.807) is 0 Å². The fourth-order valence-corrected chi connectivity index (χ4v) is 2.90. The molecule has 0 aliphatic carbocycles. The summed E-state index contributed by atoms with van der Waals surface area (Å²) < 4.78 is 22.6. The quantitative estimate of drug-likeness (QED) is 0.707. The molecule has 0 saturated carbocycles. The van der Waals surface area contributed by atoms with Crippen molar-refractivity contribution < 1.29 is 8.42 Å². The van der Waals surface area contributed by atoms with E-state index >= 15 is 0 Å². The van der Waals surface area contributed by atoms with Crippen molar-refractivity contribution in [2.45, 2.75) is 18.1 Å². The molecule has 1 aliphatic heterocycles. The van der Waals surface area contributed by atoms with E-state index in [1.807, 2.05) is 7.05 Å². The SMILES string of the molecule is CNCCN1CCC(S(C)(=O)=O)CC1. The molecule has 1 rings (SSSR count). The van der Waals surface area contributed by atoms with Gasteiger partial charge in [0.2, 0.25) is 0 Å². The van der Waals surface area contributed by atoms with Crippen molar-refractivity contribution in [3.63, 3.8) is 0 Å². The first-order valence-corrected chi connectivity index (χ1v) is 7.05. The molecule has 0 radical (unpaired) electrons. The van der Waals surface area contributed by atoms with E-state index < -0.39 is 9.84 Å². The van der Waals surface area contributed by atoms with Crippen molar-refractivity contribution in [2.24, 2.45) is 0 Å². The molecule has 14 heavy (non-hydrogen) atoms. The summed E-state index contributed by atoms with van der Waals surface area (Å²) in [4.78, 5) is 2.32. The Balaban J connectivity index is 2.31. The molecule has 1 fully saturated rings. The molecule has 84 valence electrons. The minimum atomic E-state index is -2.81. The largest absolute Gasteiger partial charge is 0.318 e. The third-order valence-electron chi connectivity index (χ3n) is 2.82. The van der Waals surface area contributed by atoms with Crippen molar-refractivity contribution in [1.82, 2.24) is 10.2 Å². The van der Waals surface area contributed by atoms with Crippen molar-refractivity contribution in [3.8, 4) is 0 Å². The third-order valence-corrected chi connectivity index (χ3v) is 4.50. The summed E-state index contributed by atoms with van der Waals surface area (Å²) in [6, 6.07) is 0. The Morgan fingerprint density at radius 2 is 1.93 bits per heavy atom. The molecule has 0 aromatic carbocycles. The Bertz CT molecular complexity index is 256. The Morgan fingerprint density at radius 3 is 2.36 bits per heavy atom. The van der Waals surface area contributed by atoms with E-state index in [2.05, 4.69) is 10.2 Å². The van der Waals surface area contributed by atoms with Crippen molar-refractivity contribution in [2.75, 3.05) is 39.5 Å². The number of hydrogen-bond acceptors (Lipinski definition) is 4. The molecule has 1 saturated heterocycles. The molecule has 0 aromatic heterocycles. The molecule has 0 atom stereocenters. The summed E-state index contributed by atoms with van der Waals surface area (Å²) >= 11 is 0. The first kappa shape index (κ1) is 11.9. The van der Waals surface area contributed by atoms with Crippen LogP contribution in [0.4, 0.5) is 0 Å². The highest BCUT2D eigenvalue weighted by molar-refractivity contribution is 7.91. The van der Waals surface area contributed by atoms with Crippen LogP contribution in [0.5, 0.6) is 0 Å². The Hall–Kier alpha value is -0.130. The summed E-state index contributed by atoms with van der Waals surface area (Å²) in [6.07, 6.45) is 2.94. The van der Waals surface area contributed by atoms with Gasteiger partial charge in [0.25, 0.3) is 0 Å². The normalized spacial score (nSPS) is 21.3. The topological polar surface area (TPSA) is 49.4 Å². The van der Waals surface area contributed by atoms with E-state index in [1.165, 1.54) is 6.26 Å². The summed E-state index contributed by atoms with van der Waals surface area (Å²) in [5.74, 6) is 0. The molecule has 0 unspecified atom stereocenters. The molecule has 0 amide bonds. The molecular weight excluding hydrogens is 200 g/mol. The Morgan fingerprint density at radius 1 is 1.36 bits per heavy atom. The lowest BCUT2D eigenvalue weighted by Gasteiger charge is -2.30. The zero-order chi connectivity index (χ0) is 10.6. The van der Waals surface area contributed by atoms with Crippen LogP contribution in [0.25, 0.3) is 0 Å². The maximum atomic E-state index is 11.3. The van der Waals surface area contributed by atoms with Gasteiger partial charge in [0, 0.05) is 19.3 Å². The van der Waals surface area contributed by atoms with Gasteiger partial charge in [-0.1, -0.05) is 0 Å². The zero-order valence-electron chi connectivity index (χ0n) is 8.99. The second-order valence-electron chi connectivity index (χ2n) is 3.97. The van der Waals surface area contributed by atoms with E-state index in [4.69, 9.17) is 0 Å². The maximum absolute atomic E-state index is 11.3. The summed E-state index contributed by atoms with van der Waals surface area (Å²) in [7, 11) is -0.878. The molecule has 0 aromatic rings. The van der Waals surface area contributed by atoms with E-state index in [9.17, 15) is 8.42 Å². The monoisotopic (exact) mass is 220 g/mol. The van der Waals surface area contributed by atoms with Crippen LogP contribution in [0, 0.1) is 0 Å². The van der Waals surface area contributed by atoms with Gasteiger partial charge in [-0.15, -0.1) is 0 Å². The predicted molar refractivity (Wildman–Crippen MR) is 58.2 cm³/mol. The molecule has 1 heterocycles. The summed E-state index contributed by atoms with van der Waals surface area (Å²) in [5.41, 5.74) is 0. The van der Waals surface area contributed by atoms with Crippen LogP contribution in [0.2, 0.25) is 0 Å². The average molecular weight is 220 g/mol. The fraction of sp³-hybridized carbons (Fsp3) is 1.00. The van der Waals surface area contributed by atoms with Crippen LogP contribution >= 0.6 is 0 Å². The highest BCUT2D eigenvalue weighted by Gasteiger charge is 2.25. The number of piperidine rings is 1. The van der Waals surface area contributed by atoms with Gasteiger partial charge in [-0.25, -0.2) is 8.42 Å². The smallest absolute Gasteiger partial charge is 0.150 e. The molecule has 5 heteroatoms. The lowest BCUT2D eigenvalue weighted by molar-refractivity contribution is 0.232. The molecular formula is C9H20N2O2S. The van der Waals surface area contributed by atoms with Crippen LogP contribution < -0.4 is 5.32 Å². The fourth-order valence-electron chi connectivity index (χ4n) is 1.83. The van der Waals surface area contributed by atoms with Crippen molar-refractivity contribution in [3.05, 3.63) is 0 Å². The molecule has 4 nitrogen and oxygen atoms in total. The average Bonchev–Trinajstić information content (AvgIpc) is 2.14. The van der Waals surface area contributed by atoms with Crippen LogP contribution in [-0.2, 0) is 9.84 Å². The van der Waals surface area contributed by atoms with Crippen LogP contribution in [0.15, 0.2) is 0 Å². The Kier molecular flexibility index (Phi) is 4.34. The number of rotatable bonds is 4. The van der Waals surface area contributed by atoms with Crippen molar-refractivity contribution >= 4 is 9.84 Å². The molecule has 0 bridgehead atoms. The summed E-state index contributed by atoms with van der Waals surface area (Å²) in [6.45, 7) is 3.83. The van der Waals surface area contributed by atoms with Gasteiger partial charge in [-0.2, -0.15) is 0 Å². The first-order chi connectivity index (χ1) is 6.54. The van der Waals surface area contributed by atoms with Gasteiger partial charge < -0.3 is 10.2 Å². The maximum Gasteiger partial charge on any atom is 0.150 e. The second kappa shape index (κ2) is 5.09. The first-order valence-electron chi connectivity index (χ1n) is 5.10. The van der Waals surface area contributed by atoms with Gasteiger partial charge >= 0.3 is 0 Å². The van der Waals surface area contributed by atoms with Crippen molar-refractivity contribution in [1.29, 1.82) is 0 Å². The lowest BCUT2D eigenvalue weighted by Crippen LogP contribution is -2.41. The van der Waals surface area contributed by atoms with E-state index in [0.717, 1.165) is 39.0 Å². The van der Waals surface area contributed by atoms with Gasteiger partial charge in [0.1, 0.15) is 9.84 Å². The number of likely N-dealkylation sites (N-methyl/N-ethyl adjacent to an activating group) is 1. The zero-order valence-corrected chi connectivity index (χ0v) is 9.81. The summed E-state index contributed by atoms with van der Waals surface area (Å²) in [5, 5.41) is 2.99. The molecule has 1 aliphatic rings.